The van der Waals surface area contributed by atoms with Crippen LogP contribution in [0.4, 0.5) is 0 Å². The van der Waals surface area contributed by atoms with Crippen LogP contribution in [0.25, 0.3) is 11.4 Å². The van der Waals surface area contributed by atoms with E-state index in [1.54, 1.807) is 24.3 Å². The number of rotatable bonds is 19. The average Bonchev–Trinajstić information content (AvgIpc) is 2.98. The zero-order valence-corrected chi connectivity index (χ0v) is 24.4. The second-order valence-corrected chi connectivity index (χ2v) is 10.2. The van der Waals surface area contributed by atoms with E-state index in [9.17, 15) is 4.79 Å². The number of carbonyl (C=O) groups excluding carboxylic acids is 1. The maximum absolute atomic E-state index is 12.6. The molecular weight excluding hydrogens is 502 g/mol. The van der Waals surface area contributed by atoms with E-state index in [4.69, 9.17) is 14.2 Å². The zero-order valence-electron chi connectivity index (χ0n) is 24.4. The molecule has 0 saturated carbocycles. The van der Waals surface area contributed by atoms with Gasteiger partial charge in [-0.25, -0.2) is 19.7 Å². The van der Waals surface area contributed by atoms with E-state index >= 15 is 0 Å². The molecule has 1 atom stereocenters. The highest BCUT2D eigenvalue weighted by Gasteiger charge is 2.11. The molecule has 0 aliphatic carbocycles. The van der Waals surface area contributed by atoms with E-state index in [2.05, 4.69) is 28.8 Å². The van der Waals surface area contributed by atoms with Crippen LogP contribution in [-0.2, 0) is 11.2 Å². The molecule has 0 aliphatic rings. The summed E-state index contributed by atoms with van der Waals surface area (Å²) < 4.78 is 16.8. The molecule has 216 valence electrons. The number of nitrogens with zero attached hydrogens (tertiary/aromatic N) is 3. The predicted octanol–water partition coefficient (Wildman–Crippen LogP) is 8.03. The minimum Gasteiger partial charge on any atom is -0.478 e. The van der Waals surface area contributed by atoms with Gasteiger partial charge in [0.15, 0.2) is 5.82 Å². The molecule has 0 aliphatic heterocycles. The van der Waals surface area contributed by atoms with Crippen molar-refractivity contribution in [3.63, 3.8) is 0 Å². The second-order valence-electron chi connectivity index (χ2n) is 10.2. The van der Waals surface area contributed by atoms with Crippen molar-refractivity contribution in [2.45, 2.75) is 97.5 Å². The summed E-state index contributed by atoms with van der Waals surface area (Å²) in [4.78, 5) is 25.9. The molecule has 0 radical (unpaired) electrons. The third-order valence-corrected chi connectivity index (χ3v) is 6.78. The Bertz CT molecular complexity index is 1100. The van der Waals surface area contributed by atoms with Gasteiger partial charge < -0.3 is 14.2 Å². The molecule has 3 aromatic rings. The van der Waals surface area contributed by atoms with Crippen molar-refractivity contribution >= 4 is 5.97 Å². The van der Waals surface area contributed by atoms with Crippen molar-refractivity contribution < 1.29 is 19.0 Å². The van der Waals surface area contributed by atoms with Crippen LogP contribution >= 0.6 is 0 Å². The van der Waals surface area contributed by atoms with E-state index in [1.165, 1.54) is 44.7 Å². The smallest absolute Gasteiger partial charge is 0.345 e. The van der Waals surface area contributed by atoms with Gasteiger partial charge in [-0.05, 0) is 75.4 Å². The van der Waals surface area contributed by atoms with Crippen LogP contribution in [-0.4, -0.2) is 40.2 Å². The molecule has 1 unspecified atom stereocenters. The van der Waals surface area contributed by atoms with Crippen LogP contribution < -0.4 is 9.47 Å². The topological polar surface area (TPSA) is 83.4 Å². The monoisotopic (exact) mass is 547 g/mol. The third-order valence-electron chi connectivity index (χ3n) is 6.78. The summed E-state index contributed by atoms with van der Waals surface area (Å²) >= 11 is 0. The normalized spacial score (nSPS) is 11.8. The SMILES string of the molecule is CCCCCCCCOc1ccc(C(=O)Oc2ccc(-c3ncc(CCCCCC(C)OCC)cn3)cc2)cn1. The molecule has 40 heavy (non-hydrogen) atoms. The number of ether oxygens (including phenoxy) is 3. The van der Waals surface area contributed by atoms with Gasteiger partial charge in [-0.2, -0.15) is 0 Å². The lowest BCUT2D eigenvalue weighted by atomic mass is 10.1. The van der Waals surface area contributed by atoms with Crippen molar-refractivity contribution in [1.82, 2.24) is 15.0 Å². The first-order valence-electron chi connectivity index (χ1n) is 14.9. The molecule has 7 heteroatoms. The Balaban J connectivity index is 1.39. The maximum Gasteiger partial charge on any atom is 0.345 e. The summed E-state index contributed by atoms with van der Waals surface area (Å²) in [5.41, 5.74) is 2.38. The number of hydrogen-bond acceptors (Lipinski definition) is 7. The van der Waals surface area contributed by atoms with E-state index in [-0.39, 0.29) is 0 Å². The van der Waals surface area contributed by atoms with Gasteiger partial charge in [0.05, 0.1) is 18.3 Å². The fourth-order valence-corrected chi connectivity index (χ4v) is 4.42. The van der Waals surface area contributed by atoms with Gasteiger partial charge >= 0.3 is 5.97 Å². The van der Waals surface area contributed by atoms with Crippen LogP contribution in [0.3, 0.4) is 0 Å². The van der Waals surface area contributed by atoms with Gasteiger partial charge in [-0.15, -0.1) is 0 Å². The Morgan fingerprint density at radius 3 is 2.23 bits per heavy atom. The summed E-state index contributed by atoms with van der Waals surface area (Å²) in [5, 5.41) is 0. The molecular formula is C33H45N3O4. The van der Waals surface area contributed by atoms with Crippen molar-refractivity contribution in [3.05, 3.63) is 66.1 Å². The lowest BCUT2D eigenvalue weighted by molar-refractivity contribution is 0.0684. The van der Waals surface area contributed by atoms with E-state index in [0.29, 0.717) is 35.7 Å². The van der Waals surface area contributed by atoms with E-state index in [0.717, 1.165) is 49.8 Å². The van der Waals surface area contributed by atoms with Crippen molar-refractivity contribution in [3.8, 4) is 23.0 Å². The molecule has 0 N–H and O–H groups in total. The number of pyridine rings is 1. The fraction of sp³-hybridized carbons (Fsp3) is 0.515. The van der Waals surface area contributed by atoms with Crippen LogP contribution in [0.15, 0.2) is 55.0 Å². The molecule has 0 fully saturated rings. The van der Waals surface area contributed by atoms with Crippen molar-refractivity contribution in [2.24, 2.45) is 0 Å². The molecule has 7 nitrogen and oxygen atoms in total. The fourth-order valence-electron chi connectivity index (χ4n) is 4.42. The van der Waals surface area contributed by atoms with Crippen LogP contribution in [0.1, 0.15) is 101 Å². The largest absolute Gasteiger partial charge is 0.478 e. The maximum atomic E-state index is 12.6. The minimum atomic E-state index is -0.462. The molecule has 2 aromatic heterocycles. The van der Waals surface area contributed by atoms with E-state index < -0.39 is 5.97 Å². The first kappa shape index (κ1) is 31.2. The standard InChI is InChI=1S/C33H45N3O4/c1-4-6-7-8-9-13-22-39-31-21-18-29(25-34-31)33(37)40-30-19-16-28(17-20-30)32-35-23-27(24-36-32)15-12-10-11-14-26(3)38-5-2/h16-21,23-26H,4-15,22H2,1-3H3. The quantitative estimate of drug-likeness (QED) is 0.0853. The summed E-state index contributed by atoms with van der Waals surface area (Å²) in [7, 11) is 0. The van der Waals surface area contributed by atoms with Gasteiger partial charge in [-0.3, -0.25) is 0 Å². The molecule has 0 spiro atoms. The Kier molecular flexibility index (Phi) is 14.1. The summed E-state index contributed by atoms with van der Waals surface area (Å²) in [6, 6.07) is 10.6. The number of carbonyl (C=O) groups is 1. The molecule has 0 bridgehead atoms. The third kappa shape index (κ3) is 11.4. The van der Waals surface area contributed by atoms with Crippen molar-refractivity contribution in [1.29, 1.82) is 0 Å². The van der Waals surface area contributed by atoms with Gasteiger partial charge in [0, 0.05) is 36.8 Å². The first-order chi connectivity index (χ1) is 19.6. The number of aromatic nitrogens is 3. The summed E-state index contributed by atoms with van der Waals surface area (Å²) in [6.07, 6.45) is 18.4. The number of unbranched alkanes of at least 4 members (excludes halogenated alkanes) is 7. The Morgan fingerprint density at radius 2 is 1.52 bits per heavy atom. The van der Waals surface area contributed by atoms with Crippen molar-refractivity contribution in [2.75, 3.05) is 13.2 Å². The number of benzene rings is 1. The van der Waals surface area contributed by atoms with Gasteiger partial charge in [0.25, 0.3) is 0 Å². The molecule has 0 saturated heterocycles. The highest BCUT2D eigenvalue weighted by molar-refractivity contribution is 5.90. The zero-order chi connectivity index (χ0) is 28.4. The molecule has 0 amide bonds. The predicted molar refractivity (Wildman–Crippen MR) is 159 cm³/mol. The molecule has 3 rings (SSSR count). The Labute approximate surface area is 239 Å². The highest BCUT2D eigenvalue weighted by atomic mass is 16.5. The minimum absolute atomic E-state index is 0.338. The number of esters is 1. The number of hydrogen-bond donors (Lipinski definition) is 0. The highest BCUT2D eigenvalue weighted by Crippen LogP contribution is 2.21. The van der Waals surface area contributed by atoms with Crippen LogP contribution in [0.2, 0.25) is 0 Å². The van der Waals surface area contributed by atoms with Gasteiger partial charge in [0.1, 0.15) is 5.75 Å². The Hall–Kier alpha value is -3.32. The first-order valence-corrected chi connectivity index (χ1v) is 14.9. The average molecular weight is 548 g/mol. The van der Waals surface area contributed by atoms with Gasteiger partial charge in [0.2, 0.25) is 5.88 Å². The Morgan fingerprint density at radius 1 is 0.800 bits per heavy atom. The molecule has 1 aromatic carbocycles. The van der Waals surface area contributed by atoms with Crippen LogP contribution in [0.5, 0.6) is 11.6 Å². The van der Waals surface area contributed by atoms with Crippen LogP contribution in [0, 0.1) is 0 Å². The number of aryl methyl sites for hydroxylation is 1. The van der Waals surface area contributed by atoms with Gasteiger partial charge in [-0.1, -0.05) is 51.9 Å². The lowest BCUT2D eigenvalue weighted by Crippen LogP contribution is -2.09. The lowest BCUT2D eigenvalue weighted by Gasteiger charge is -2.10. The second kappa shape index (κ2) is 18.1. The summed E-state index contributed by atoms with van der Waals surface area (Å²) in [6.45, 7) is 7.80. The molecule has 2 heterocycles. The van der Waals surface area contributed by atoms with E-state index in [1.807, 2.05) is 31.5 Å². The summed E-state index contributed by atoms with van der Waals surface area (Å²) in [5.74, 6) is 1.16.